The van der Waals surface area contributed by atoms with Crippen LogP contribution in [0.1, 0.15) is 13.3 Å². The van der Waals surface area contributed by atoms with Gasteiger partial charge in [0, 0.05) is 32.0 Å². The number of nitrogens with one attached hydrogen (secondary N) is 2. The van der Waals surface area contributed by atoms with Gasteiger partial charge >= 0.3 is 11.8 Å². The molecule has 1 heterocycles. The average Bonchev–Trinajstić information content (AvgIpc) is 2.72. The van der Waals surface area contributed by atoms with Gasteiger partial charge in [-0.05, 0) is 24.5 Å². The molecule has 0 saturated carbocycles. The van der Waals surface area contributed by atoms with E-state index in [1.807, 2.05) is 6.92 Å². The molecule has 0 fully saturated rings. The number of aliphatic hydroxyl groups is 1. The van der Waals surface area contributed by atoms with E-state index in [-0.39, 0.29) is 18.6 Å². The number of carbonyl (C=O) groups excluding carboxylic acids is 1. The highest BCUT2D eigenvalue weighted by Crippen LogP contribution is 2.17. The number of benzene rings is 1. The Bertz CT molecular complexity index is 689. The summed E-state index contributed by atoms with van der Waals surface area (Å²) < 4.78 is 6.46. The normalized spacial score (nSPS) is 12.3. The minimum atomic E-state index is -0.440. The number of nitrogens with zero attached hydrogens (tertiary/aromatic N) is 1. The number of carbonyl (C=O) groups is 1. The fourth-order valence-corrected chi connectivity index (χ4v) is 1.98. The summed E-state index contributed by atoms with van der Waals surface area (Å²) in [5.74, 6) is -0.236. The third kappa shape index (κ3) is 3.63. The van der Waals surface area contributed by atoms with Crippen LogP contribution < -0.4 is 16.4 Å². The standard InChI is InChI=1S/C14H19N3O4/c1-9(5-6-18)8-15-13(19)16-10-3-4-11-12(7-10)21-14(20)17(11)2/h3-4,7,9,18H,5-6,8H2,1-2H3,(H2,15,16,19). The van der Waals surface area contributed by atoms with E-state index in [1.165, 1.54) is 4.57 Å². The van der Waals surface area contributed by atoms with Crippen molar-refractivity contribution in [2.24, 2.45) is 13.0 Å². The van der Waals surface area contributed by atoms with Crippen molar-refractivity contribution in [2.75, 3.05) is 18.5 Å². The SMILES string of the molecule is CC(CCO)CNC(=O)Nc1ccc2c(c1)oc(=O)n2C. The van der Waals surface area contributed by atoms with Gasteiger partial charge in [-0.2, -0.15) is 0 Å². The summed E-state index contributed by atoms with van der Waals surface area (Å²) in [6.45, 7) is 2.53. The van der Waals surface area contributed by atoms with E-state index in [1.54, 1.807) is 25.2 Å². The van der Waals surface area contributed by atoms with Crippen LogP contribution in [0.5, 0.6) is 0 Å². The summed E-state index contributed by atoms with van der Waals surface area (Å²) in [6, 6.07) is 4.68. The Balaban J connectivity index is 1.99. The molecule has 1 aromatic carbocycles. The van der Waals surface area contributed by atoms with E-state index in [0.717, 1.165) is 0 Å². The first kappa shape index (κ1) is 15.1. The maximum atomic E-state index is 11.7. The zero-order valence-corrected chi connectivity index (χ0v) is 12.0. The predicted molar refractivity (Wildman–Crippen MR) is 79.3 cm³/mol. The Morgan fingerprint density at radius 1 is 1.48 bits per heavy atom. The number of anilines is 1. The van der Waals surface area contributed by atoms with Gasteiger partial charge in [-0.3, -0.25) is 4.57 Å². The number of aliphatic hydroxyl groups excluding tert-OH is 1. The first-order chi connectivity index (χ1) is 10.0. The number of fused-ring (bicyclic) bond motifs is 1. The lowest BCUT2D eigenvalue weighted by Crippen LogP contribution is -2.32. The summed E-state index contributed by atoms with van der Waals surface area (Å²) in [6.07, 6.45) is 0.640. The molecule has 21 heavy (non-hydrogen) atoms. The van der Waals surface area contributed by atoms with Crippen molar-refractivity contribution in [3.8, 4) is 0 Å². The van der Waals surface area contributed by atoms with E-state index in [9.17, 15) is 9.59 Å². The van der Waals surface area contributed by atoms with E-state index < -0.39 is 5.76 Å². The smallest absolute Gasteiger partial charge is 0.408 e. The molecule has 114 valence electrons. The molecule has 0 radical (unpaired) electrons. The van der Waals surface area contributed by atoms with Crippen LogP contribution in [0.2, 0.25) is 0 Å². The Hall–Kier alpha value is -2.28. The summed E-state index contributed by atoms with van der Waals surface area (Å²) in [5.41, 5.74) is 1.64. The highest BCUT2D eigenvalue weighted by Gasteiger charge is 2.09. The molecule has 2 rings (SSSR count). The Labute approximate surface area is 121 Å². The second kappa shape index (κ2) is 6.45. The van der Waals surface area contributed by atoms with Crippen LogP contribution in [0.15, 0.2) is 27.4 Å². The minimum absolute atomic E-state index is 0.105. The van der Waals surface area contributed by atoms with Crippen molar-refractivity contribution >= 4 is 22.8 Å². The van der Waals surface area contributed by atoms with E-state index in [0.29, 0.717) is 29.8 Å². The summed E-state index contributed by atoms with van der Waals surface area (Å²) in [5, 5.41) is 14.2. The molecule has 7 heteroatoms. The molecule has 0 saturated heterocycles. The van der Waals surface area contributed by atoms with Gasteiger partial charge in [0.25, 0.3) is 0 Å². The van der Waals surface area contributed by atoms with Crippen LogP contribution in [-0.4, -0.2) is 28.9 Å². The van der Waals surface area contributed by atoms with Crippen LogP contribution in [0, 0.1) is 5.92 Å². The average molecular weight is 293 g/mol. The molecule has 2 aromatic rings. The van der Waals surface area contributed by atoms with Crippen molar-refractivity contribution in [1.29, 1.82) is 0 Å². The van der Waals surface area contributed by atoms with E-state index >= 15 is 0 Å². The monoisotopic (exact) mass is 293 g/mol. The number of oxazole rings is 1. The van der Waals surface area contributed by atoms with Gasteiger partial charge in [0.05, 0.1) is 5.52 Å². The van der Waals surface area contributed by atoms with Gasteiger partial charge in [-0.15, -0.1) is 0 Å². The molecule has 0 bridgehead atoms. The van der Waals surface area contributed by atoms with Crippen molar-refractivity contribution in [1.82, 2.24) is 9.88 Å². The fraction of sp³-hybridized carbons (Fsp3) is 0.429. The molecule has 7 nitrogen and oxygen atoms in total. The van der Waals surface area contributed by atoms with E-state index in [2.05, 4.69) is 10.6 Å². The molecule has 1 aromatic heterocycles. The van der Waals surface area contributed by atoms with Gasteiger partial charge in [0.2, 0.25) is 0 Å². The molecular weight excluding hydrogens is 274 g/mol. The lowest BCUT2D eigenvalue weighted by atomic mass is 10.1. The number of aryl methyl sites for hydroxylation is 1. The first-order valence-electron chi connectivity index (χ1n) is 6.76. The van der Waals surface area contributed by atoms with Gasteiger partial charge in [-0.25, -0.2) is 9.59 Å². The third-order valence-corrected chi connectivity index (χ3v) is 3.28. The number of rotatable bonds is 5. The molecule has 0 aliphatic rings. The molecule has 1 atom stereocenters. The maximum absolute atomic E-state index is 11.7. The zero-order valence-electron chi connectivity index (χ0n) is 12.0. The molecular formula is C14H19N3O4. The lowest BCUT2D eigenvalue weighted by molar-refractivity contribution is 0.243. The number of aromatic nitrogens is 1. The Morgan fingerprint density at radius 3 is 2.95 bits per heavy atom. The van der Waals surface area contributed by atoms with Gasteiger partial charge in [-0.1, -0.05) is 6.92 Å². The molecule has 0 aliphatic heterocycles. The van der Waals surface area contributed by atoms with Crippen molar-refractivity contribution in [3.63, 3.8) is 0 Å². The van der Waals surface area contributed by atoms with Crippen LogP contribution in [0.3, 0.4) is 0 Å². The molecule has 3 N–H and O–H groups in total. The van der Waals surface area contributed by atoms with Crippen molar-refractivity contribution in [3.05, 3.63) is 28.7 Å². The largest absolute Gasteiger partial charge is 0.419 e. The topological polar surface area (TPSA) is 96.5 Å². The number of urea groups is 1. The zero-order chi connectivity index (χ0) is 15.4. The molecule has 2 amide bonds. The lowest BCUT2D eigenvalue weighted by Gasteiger charge is -2.12. The summed E-state index contributed by atoms with van der Waals surface area (Å²) >= 11 is 0. The third-order valence-electron chi connectivity index (χ3n) is 3.28. The van der Waals surface area contributed by atoms with Crippen LogP contribution in [0.4, 0.5) is 10.5 Å². The highest BCUT2D eigenvalue weighted by atomic mass is 16.4. The second-order valence-corrected chi connectivity index (χ2v) is 5.06. The fourth-order valence-electron chi connectivity index (χ4n) is 1.98. The second-order valence-electron chi connectivity index (χ2n) is 5.06. The van der Waals surface area contributed by atoms with Crippen molar-refractivity contribution < 1.29 is 14.3 Å². The van der Waals surface area contributed by atoms with Crippen molar-refractivity contribution in [2.45, 2.75) is 13.3 Å². The molecule has 1 unspecified atom stereocenters. The molecule has 0 aliphatic carbocycles. The minimum Gasteiger partial charge on any atom is -0.408 e. The summed E-state index contributed by atoms with van der Waals surface area (Å²) in [7, 11) is 1.62. The Kier molecular flexibility index (Phi) is 4.64. The van der Waals surface area contributed by atoms with Crippen LogP contribution in [-0.2, 0) is 7.05 Å². The van der Waals surface area contributed by atoms with Crippen LogP contribution >= 0.6 is 0 Å². The quantitative estimate of drug-likeness (QED) is 0.773. The summed E-state index contributed by atoms with van der Waals surface area (Å²) in [4.78, 5) is 23.1. The predicted octanol–water partition coefficient (Wildman–Crippen LogP) is 1.27. The number of hydrogen-bond acceptors (Lipinski definition) is 4. The van der Waals surface area contributed by atoms with Gasteiger partial charge in [0.15, 0.2) is 5.58 Å². The maximum Gasteiger partial charge on any atom is 0.419 e. The van der Waals surface area contributed by atoms with Gasteiger partial charge in [0.1, 0.15) is 0 Å². The van der Waals surface area contributed by atoms with Crippen LogP contribution in [0.25, 0.3) is 11.1 Å². The highest BCUT2D eigenvalue weighted by molar-refractivity contribution is 5.91. The Morgan fingerprint density at radius 2 is 2.24 bits per heavy atom. The number of hydrogen-bond donors (Lipinski definition) is 3. The first-order valence-corrected chi connectivity index (χ1v) is 6.76. The van der Waals surface area contributed by atoms with E-state index in [4.69, 9.17) is 9.52 Å². The van der Waals surface area contributed by atoms with Gasteiger partial charge < -0.3 is 20.2 Å². The molecule has 0 spiro atoms. The number of amides is 2.